The number of carbonyl (C=O) groups excluding carboxylic acids is 2. The summed E-state index contributed by atoms with van der Waals surface area (Å²) in [5, 5.41) is 3.20. The van der Waals surface area contributed by atoms with Gasteiger partial charge >= 0.3 is 0 Å². The van der Waals surface area contributed by atoms with Gasteiger partial charge in [0.15, 0.2) is 12.4 Å². The van der Waals surface area contributed by atoms with Gasteiger partial charge < -0.3 is 15.8 Å². The van der Waals surface area contributed by atoms with Crippen molar-refractivity contribution in [3.63, 3.8) is 0 Å². The first-order chi connectivity index (χ1) is 10.5. The molecule has 0 saturated carbocycles. The van der Waals surface area contributed by atoms with Crippen LogP contribution in [0.4, 0.5) is 5.69 Å². The summed E-state index contributed by atoms with van der Waals surface area (Å²) in [5.41, 5.74) is 6.02. The molecule has 0 unspecified atom stereocenters. The molecule has 22 heavy (non-hydrogen) atoms. The Kier molecular flexibility index (Phi) is 4.95. The lowest BCUT2D eigenvalue weighted by molar-refractivity contribution is -0.684. The number of rotatable bonds is 5. The van der Waals surface area contributed by atoms with E-state index in [9.17, 15) is 9.59 Å². The number of carbonyl (C=O) groups is 2. The fourth-order valence-corrected chi connectivity index (χ4v) is 2.07. The molecule has 1 aromatic carbocycles. The molecule has 0 fully saturated rings. The summed E-state index contributed by atoms with van der Waals surface area (Å²) >= 11 is 5.91. The number of methoxy groups -OCH3 is 1. The topological polar surface area (TPSA) is 85.3 Å². The molecular weight excluding hydrogens is 306 g/mol. The second-order valence-electron chi connectivity index (χ2n) is 4.52. The van der Waals surface area contributed by atoms with Crippen LogP contribution in [0.1, 0.15) is 10.4 Å². The Hall–Kier alpha value is -2.60. The van der Waals surface area contributed by atoms with Gasteiger partial charge in [0.25, 0.3) is 11.8 Å². The predicted molar refractivity (Wildman–Crippen MR) is 81.8 cm³/mol. The number of ether oxygens (including phenoxy) is 1. The van der Waals surface area contributed by atoms with Crippen molar-refractivity contribution in [3.05, 3.63) is 53.3 Å². The number of amides is 2. The van der Waals surface area contributed by atoms with Crippen molar-refractivity contribution < 1.29 is 18.9 Å². The van der Waals surface area contributed by atoms with Crippen LogP contribution in [-0.2, 0) is 11.3 Å². The normalized spacial score (nSPS) is 10.1. The average molecular weight is 321 g/mol. The van der Waals surface area contributed by atoms with Gasteiger partial charge in [0.2, 0.25) is 6.54 Å². The third-order valence-electron chi connectivity index (χ3n) is 2.90. The maximum Gasteiger partial charge on any atom is 0.290 e. The molecule has 2 amide bonds. The molecule has 0 bridgehead atoms. The fourth-order valence-electron chi connectivity index (χ4n) is 1.90. The standard InChI is InChI=1S/C15H14ClN3O3/c1-22-13-5-4-11(16)7-12(13)18-14(20)9-19-6-2-3-10(8-19)15(17)21/h2-8H,9H2,1H3,(H2-,17,18,20,21)/p+1. The van der Waals surface area contributed by atoms with Crippen molar-refractivity contribution in [1.29, 1.82) is 0 Å². The van der Waals surface area contributed by atoms with Crippen LogP contribution in [0.5, 0.6) is 5.75 Å². The Bertz CT molecular complexity index is 719. The Morgan fingerprint density at radius 3 is 2.82 bits per heavy atom. The van der Waals surface area contributed by atoms with E-state index in [-0.39, 0.29) is 12.5 Å². The van der Waals surface area contributed by atoms with Crippen molar-refractivity contribution in [2.75, 3.05) is 12.4 Å². The SMILES string of the molecule is COc1ccc(Cl)cc1NC(=O)C[n+]1cccc(C(N)=O)c1. The van der Waals surface area contributed by atoms with Crippen LogP contribution in [0.15, 0.2) is 42.7 Å². The molecule has 7 heteroatoms. The highest BCUT2D eigenvalue weighted by molar-refractivity contribution is 6.31. The molecule has 0 atom stereocenters. The Labute approximate surface area is 132 Å². The number of hydrogen-bond acceptors (Lipinski definition) is 3. The summed E-state index contributed by atoms with van der Waals surface area (Å²) in [6, 6.07) is 8.16. The summed E-state index contributed by atoms with van der Waals surface area (Å²) in [5.74, 6) is -0.327. The zero-order valence-electron chi connectivity index (χ0n) is 11.9. The van der Waals surface area contributed by atoms with Crippen LogP contribution in [0.3, 0.4) is 0 Å². The lowest BCUT2D eigenvalue weighted by atomic mass is 10.2. The summed E-state index contributed by atoms with van der Waals surface area (Å²) in [6.07, 6.45) is 3.18. The molecule has 0 saturated heterocycles. The van der Waals surface area contributed by atoms with Crippen LogP contribution in [0.2, 0.25) is 5.02 Å². The van der Waals surface area contributed by atoms with Gasteiger partial charge in [-0.25, -0.2) is 0 Å². The Morgan fingerprint density at radius 2 is 2.14 bits per heavy atom. The molecule has 1 heterocycles. The van der Waals surface area contributed by atoms with E-state index < -0.39 is 5.91 Å². The van der Waals surface area contributed by atoms with E-state index in [0.717, 1.165) is 0 Å². The van der Waals surface area contributed by atoms with E-state index in [1.165, 1.54) is 13.3 Å². The summed E-state index contributed by atoms with van der Waals surface area (Å²) < 4.78 is 6.72. The first-order valence-corrected chi connectivity index (χ1v) is 6.79. The van der Waals surface area contributed by atoms with Gasteiger partial charge in [-0.3, -0.25) is 9.59 Å². The largest absolute Gasteiger partial charge is 0.495 e. The second-order valence-corrected chi connectivity index (χ2v) is 4.96. The maximum atomic E-state index is 12.1. The number of hydrogen-bond donors (Lipinski definition) is 2. The van der Waals surface area contributed by atoms with Gasteiger partial charge in [-0.15, -0.1) is 0 Å². The van der Waals surface area contributed by atoms with E-state index in [0.29, 0.717) is 22.0 Å². The minimum absolute atomic E-state index is 0.0246. The quantitative estimate of drug-likeness (QED) is 0.816. The Balaban J connectivity index is 2.12. The Morgan fingerprint density at radius 1 is 1.36 bits per heavy atom. The molecule has 0 radical (unpaired) electrons. The van der Waals surface area contributed by atoms with Crippen molar-refractivity contribution in [1.82, 2.24) is 0 Å². The van der Waals surface area contributed by atoms with Crippen molar-refractivity contribution in [2.45, 2.75) is 6.54 Å². The van der Waals surface area contributed by atoms with Gasteiger partial charge in [0.1, 0.15) is 11.3 Å². The molecular formula is C15H15ClN3O3+. The summed E-state index contributed by atoms with van der Waals surface area (Å²) in [4.78, 5) is 23.2. The number of benzene rings is 1. The smallest absolute Gasteiger partial charge is 0.290 e. The van der Waals surface area contributed by atoms with Crippen LogP contribution >= 0.6 is 11.6 Å². The van der Waals surface area contributed by atoms with Crippen molar-refractivity contribution >= 4 is 29.1 Å². The monoisotopic (exact) mass is 320 g/mol. The molecule has 3 N–H and O–H groups in total. The van der Waals surface area contributed by atoms with Crippen LogP contribution in [0.25, 0.3) is 0 Å². The molecule has 0 aliphatic rings. The fraction of sp³-hybridized carbons (Fsp3) is 0.133. The van der Waals surface area contributed by atoms with Crippen LogP contribution in [-0.4, -0.2) is 18.9 Å². The van der Waals surface area contributed by atoms with E-state index >= 15 is 0 Å². The van der Waals surface area contributed by atoms with E-state index in [1.54, 1.807) is 41.1 Å². The zero-order chi connectivity index (χ0) is 16.1. The average Bonchev–Trinajstić information content (AvgIpc) is 2.47. The summed E-state index contributed by atoms with van der Waals surface area (Å²) in [6.45, 7) is 0.0246. The third-order valence-corrected chi connectivity index (χ3v) is 3.14. The van der Waals surface area contributed by atoms with Crippen molar-refractivity contribution in [2.24, 2.45) is 5.73 Å². The second kappa shape index (κ2) is 6.91. The lowest BCUT2D eigenvalue weighted by Crippen LogP contribution is -2.40. The molecule has 1 aromatic heterocycles. The van der Waals surface area contributed by atoms with Crippen molar-refractivity contribution in [3.8, 4) is 5.75 Å². The highest BCUT2D eigenvalue weighted by atomic mass is 35.5. The van der Waals surface area contributed by atoms with Gasteiger partial charge in [-0.05, 0) is 24.3 Å². The molecule has 0 aliphatic heterocycles. The summed E-state index contributed by atoms with van der Waals surface area (Å²) in [7, 11) is 1.50. The number of nitrogens with one attached hydrogen (secondary N) is 1. The molecule has 2 rings (SSSR count). The number of aromatic nitrogens is 1. The van der Waals surface area contributed by atoms with Gasteiger partial charge in [-0.2, -0.15) is 4.57 Å². The highest BCUT2D eigenvalue weighted by Gasteiger charge is 2.14. The molecule has 6 nitrogen and oxygen atoms in total. The van der Waals surface area contributed by atoms with Crippen LogP contribution < -0.4 is 20.4 Å². The molecule has 114 valence electrons. The van der Waals surface area contributed by atoms with Gasteiger partial charge in [0, 0.05) is 11.1 Å². The minimum Gasteiger partial charge on any atom is -0.495 e. The zero-order valence-corrected chi connectivity index (χ0v) is 12.6. The van der Waals surface area contributed by atoms with Gasteiger partial charge in [0.05, 0.1) is 12.8 Å². The lowest BCUT2D eigenvalue weighted by Gasteiger charge is -2.09. The van der Waals surface area contributed by atoms with Crippen LogP contribution in [0, 0.1) is 0 Å². The minimum atomic E-state index is -0.550. The first-order valence-electron chi connectivity index (χ1n) is 6.42. The first kappa shape index (κ1) is 15.8. The predicted octanol–water partition coefficient (Wildman–Crippen LogP) is 1.37. The number of nitrogens with zero attached hydrogens (tertiary/aromatic N) is 1. The number of anilines is 1. The number of pyridine rings is 1. The molecule has 2 aromatic rings. The van der Waals surface area contributed by atoms with E-state index in [1.807, 2.05) is 0 Å². The number of halogens is 1. The van der Waals surface area contributed by atoms with Gasteiger partial charge in [-0.1, -0.05) is 11.6 Å². The van der Waals surface area contributed by atoms with E-state index in [4.69, 9.17) is 22.1 Å². The highest BCUT2D eigenvalue weighted by Crippen LogP contribution is 2.27. The molecule has 0 aliphatic carbocycles. The number of nitrogens with two attached hydrogens (primary N) is 1. The number of primary amides is 1. The van der Waals surface area contributed by atoms with E-state index in [2.05, 4.69) is 5.32 Å². The maximum absolute atomic E-state index is 12.1. The third kappa shape index (κ3) is 3.95. The molecule has 0 spiro atoms.